The number of amides is 1. The molecule has 0 aliphatic carbocycles. The van der Waals surface area contributed by atoms with Crippen LogP contribution in [0.4, 0.5) is 11.5 Å². The van der Waals surface area contributed by atoms with E-state index in [2.05, 4.69) is 9.71 Å². The van der Waals surface area contributed by atoms with Gasteiger partial charge in [0.1, 0.15) is 5.82 Å². The van der Waals surface area contributed by atoms with Crippen molar-refractivity contribution in [3.63, 3.8) is 0 Å². The van der Waals surface area contributed by atoms with E-state index in [1.807, 2.05) is 31.1 Å². The Balaban J connectivity index is 1.88. The van der Waals surface area contributed by atoms with Gasteiger partial charge in [-0.3, -0.25) is 14.7 Å². The highest BCUT2D eigenvalue weighted by molar-refractivity contribution is 7.92. The third kappa shape index (κ3) is 3.99. The number of fused-ring (bicyclic) bond motifs is 1. The number of carbonyl (C=O) groups is 1. The molecule has 0 saturated heterocycles. The number of nitrogens with zero attached hydrogens (tertiary/aromatic N) is 2. The molecule has 8 nitrogen and oxygen atoms in total. The van der Waals surface area contributed by atoms with Crippen LogP contribution in [0.3, 0.4) is 0 Å². The number of sulfonamides is 1. The summed E-state index contributed by atoms with van der Waals surface area (Å²) < 4.78 is 27.7. The Bertz CT molecular complexity index is 1100. The molecule has 1 aromatic heterocycles. The molecule has 0 fully saturated rings. The van der Waals surface area contributed by atoms with E-state index in [4.69, 9.17) is 5.21 Å². The van der Waals surface area contributed by atoms with E-state index < -0.39 is 15.9 Å². The molecule has 3 N–H and O–H groups in total. The van der Waals surface area contributed by atoms with Crippen LogP contribution in [0, 0.1) is 0 Å². The van der Waals surface area contributed by atoms with Crippen molar-refractivity contribution in [1.82, 2.24) is 10.5 Å². The largest absolute Gasteiger partial charge is 0.363 e. The van der Waals surface area contributed by atoms with Crippen molar-refractivity contribution in [2.75, 3.05) is 23.7 Å². The highest BCUT2D eigenvalue weighted by Gasteiger charge is 2.15. The third-order valence-corrected chi connectivity index (χ3v) is 5.29. The van der Waals surface area contributed by atoms with E-state index in [0.29, 0.717) is 16.6 Å². The summed E-state index contributed by atoms with van der Waals surface area (Å²) in [6.07, 6.45) is 0. The molecule has 0 unspecified atom stereocenters. The van der Waals surface area contributed by atoms with Gasteiger partial charge in [-0.1, -0.05) is 0 Å². The minimum Gasteiger partial charge on any atom is -0.363 e. The molecule has 0 aliphatic heterocycles. The third-order valence-electron chi connectivity index (χ3n) is 3.92. The van der Waals surface area contributed by atoms with Crippen LogP contribution in [0.1, 0.15) is 10.4 Å². The predicted molar refractivity (Wildman–Crippen MR) is 103 cm³/mol. The fraction of sp³-hybridized carbons (Fsp3) is 0.111. The Labute approximate surface area is 156 Å². The van der Waals surface area contributed by atoms with Crippen molar-refractivity contribution in [1.29, 1.82) is 0 Å². The van der Waals surface area contributed by atoms with E-state index in [1.165, 1.54) is 35.8 Å². The number of aromatic nitrogens is 1. The van der Waals surface area contributed by atoms with Gasteiger partial charge in [-0.05, 0) is 54.6 Å². The van der Waals surface area contributed by atoms with E-state index in [1.54, 1.807) is 12.1 Å². The van der Waals surface area contributed by atoms with Crippen LogP contribution in [0.5, 0.6) is 0 Å². The van der Waals surface area contributed by atoms with Crippen molar-refractivity contribution in [2.45, 2.75) is 4.90 Å². The van der Waals surface area contributed by atoms with Crippen LogP contribution in [-0.2, 0) is 10.0 Å². The van der Waals surface area contributed by atoms with E-state index in [-0.39, 0.29) is 10.5 Å². The molecule has 3 rings (SSSR count). The molecule has 9 heteroatoms. The van der Waals surface area contributed by atoms with Gasteiger partial charge in [0.15, 0.2) is 0 Å². The molecule has 1 heterocycles. The minimum atomic E-state index is -3.81. The normalized spacial score (nSPS) is 11.2. The number of benzene rings is 2. The number of pyridine rings is 1. The first kappa shape index (κ1) is 18.6. The first-order chi connectivity index (χ1) is 12.8. The maximum absolute atomic E-state index is 12.6. The van der Waals surface area contributed by atoms with Gasteiger partial charge in [0.05, 0.1) is 10.4 Å². The lowest BCUT2D eigenvalue weighted by Gasteiger charge is -2.12. The quantitative estimate of drug-likeness (QED) is 0.458. The van der Waals surface area contributed by atoms with Crippen molar-refractivity contribution >= 4 is 38.3 Å². The number of carbonyl (C=O) groups excluding carboxylic acids is 1. The molecule has 27 heavy (non-hydrogen) atoms. The Kier molecular flexibility index (Phi) is 4.98. The number of anilines is 2. The summed E-state index contributed by atoms with van der Waals surface area (Å²) >= 11 is 0. The van der Waals surface area contributed by atoms with Crippen LogP contribution < -0.4 is 15.1 Å². The monoisotopic (exact) mass is 386 g/mol. The highest BCUT2D eigenvalue weighted by atomic mass is 32.2. The van der Waals surface area contributed by atoms with Gasteiger partial charge in [-0.2, -0.15) is 0 Å². The van der Waals surface area contributed by atoms with Crippen molar-refractivity contribution < 1.29 is 18.4 Å². The summed E-state index contributed by atoms with van der Waals surface area (Å²) in [6.45, 7) is 0. The first-order valence-corrected chi connectivity index (χ1v) is 9.44. The summed E-state index contributed by atoms with van der Waals surface area (Å²) in [7, 11) is -0.0454. The van der Waals surface area contributed by atoms with Gasteiger partial charge in [-0.25, -0.2) is 18.9 Å². The summed E-state index contributed by atoms with van der Waals surface area (Å²) in [6, 6.07) is 14.0. The number of hydroxylamine groups is 1. The van der Waals surface area contributed by atoms with Crippen molar-refractivity contribution in [3.8, 4) is 0 Å². The van der Waals surface area contributed by atoms with Crippen LogP contribution >= 0.6 is 0 Å². The van der Waals surface area contributed by atoms with E-state index in [0.717, 1.165) is 5.82 Å². The second-order valence-electron chi connectivity index (χ2n) is 6.04. The number of rotatable bonds is 5. The number of nitrogens with one attached hydrogen (secondary N) is 2. The number of hydrogen-bond donors (Lipinski definition) is 3. The Morgan fingerprint density at radius 2 is 1.74 bits per heavy atom. The Morgan fingerprint density at radius 3 is 2.37 bits per heavy atom. The average molecular weight is 386 g/mol. The molecular formula is C18H18N4O4S. The molecule has 0 spiro atoms. The molecule has 0 radical (unpaired) electrons. The molecule has 140 valence electrons. The second-order valence-corrected chi connectivity index (χ2v) is 7.72. The number of hydrogen-bond acceptors (Lipinski definition) is 6. The molecule has 0 saturated carbocycles. The van der Waals surface area contributed by atoms with E-state index in [9.17, 15) is 13.2 Å². The van der Waals surface area contributed by atoms with Gasteiger partial charge in [0, 0.05) is 30.7 Å². The maximum atomic E-state index is 12.6. The van der Waals surface area contributed by atoms with E-state index >= 15 is 0 Å². The standard InChI is InChI=1S/C18H18N4O4S/c1-22(2)17-10-5-13-11-15(8-9-16(13)19-17)27(25,26)21-14-6-3-12(4-7-14)18(23)20-24/h3-11,21,24H,1-2H3,(H,20,23). The lowest BCUT2D eigenvalue weighted by molar-refractivity contribution is 0.0706. The van der Waals surface area contributed by atoms with Crippen molar-refractivity contribution in [2.24, 2.45) is 0 Å². The molecular weight excluding hydrogens is 368 g/mol. The first-order valence-electron chi connectivity index (χ1n) is 7.95. The summed E-state index contributed by atoms with van der Waals surface area (Å²) in [4.78, 5) is 17.8. The summed E-state index contributed by atoms with van der Waals surface area (Å²) in [5.74, 6) is 0.103. The zero-order valence-electron chi connectivity index (χ0n) is 14.7. The maximum Gasteiger partial charge on any atom is 0.274 e. The minimum absolute atomic E-state index is 0.103. The Morgan fingerprint density at radius 1 is 1.04 bits per heavy atom. The van der Waals surface area contributed by atoms with Crippen LogP contribution in [0.2, 0.25) is 0 Å². The zero-order chi connectivity index (χ0) is 19.6. The zero-order valence-corrected chi connectivity index (χ0v) is 15.5. The molecule has 1 amide bonds. The van der Waals surface area contributed by atoms with Gasteiger partial charge in [-0.15, -0.1) is 0 Å². The molecule has 0 bridgehead atoms. The van der Waals surface area contributed by atoms with Gasteiger partial charge in [0.25, 0.3) is 15.9 Å². The lowest BCUT2D eigenvalue weighted by Crippen LogP contribution is -2.18. The SMILES string of the molecule is CN(C)c1ccc2cc(S(=O)(=O)Nc3ccc(C(=O)NO)cc3)ccc2n1. The van der Waals surface area contributed by atoms with Gasteiger partial charge in [0.2, 0.25) is 0 Å². The molecule has 2 aromatic carbocycles. The van der Waals surface area contributed by atoms with Crippen LogP contribution in [0.15, 0.2) is 59.5 Å². The topological polar surface area (TPSA) is 112 Å². The fourth-order valence-corrected chi connectivity index (χ4v) is 3.57. The summed E-state index contributed by atoms with van der Waals surface area (Å²) in [5, 5.41) is 9.31. The van der Waals surface area contributed by atoms with Gasteiger partial charge >= 0.3 is 0 Å². The molecule has 0 aliphatic rings. The Hall–Kier alpha value is -3.17. The smallest absolute Gasteiger partial charge is 0.274 e. The summed E-state index contributed by atoms with van der Waals surface area (Å²) in [5.41, 5.74) is 2.71. The lowest BCUT2D eigenvalue weighted by atomic mass is 10.2. The second kappa shape index (κ2) is 7.22. The van der Waals surface area contributed by atoms with Crippen LogP contribution in [0.25, 0.3) is 10.9 Å². The van der Waals surface area contributed by atoms with Gasteiger partial charge < -0.3 is 4.90 Å². The fourth-order valence-electron chi connectivity index (χ4n) is 2.48. The highest BCUT2D eigenvalue weighted by Crippen LogP contribution is 2.22. The molecule has 0 atom stereocenters. The predicted octanol–water partition coefficient (Wildman–Crippen LogP) is 2.22. The molecule has 3 aromatic rings. The van der Waals surface area contributed by atoms with Crippen molar-refractivity contribution in [3.05, 3.63) is 60.2 Å². The van der Waals surface area contributed by atoms with Crippen LogP contribution in [-0.4, -0.2) is 38.6 Å². The average Bonchev–Trinajstić information content (AvgIpc) is 2.66.